The van der Waals surface area contributed by atoms with Crippen LogP contribution in [0.1, 0.15) is 20.8 Å². The van der Waals surface area contributed by atoms with Crippen molar-refractivity contribution >= 4 is 14.4 Å². The van der Waals surface area contributed by atoms with Gasteiger partial charge < -0.3 is 19.6 Å². The number of hydrogen-bond acceptors (Lipinski definition) is 8. The zero-order valence-electron chi connectivity index (χ0n) is 22.0. The molecule has 0 aliphatic rings. The summed E-state index contributed by atoms with van der Waals surface area (Å²) in [6.45, 7) is 11.1. The smallest absolute Gasteiger partial charge is 0.405 e. The highest BCUT2D eigenvalue weighted by molar-refractivity contribution is 6.74. The van der Waals surface area contributed by atoms with Gasteiger partial charge in [-0.05, 0) is 59.7 Å². The highest BCUT2D eigenvalue weighted by Gasteiger charge is 2.37. The molecule has 4 aromatic rings. The van der Waals surface area contributed by atoms with Crippen molar-refractivity contribution in [2.75, 3.05) is 6.61 Å². The first kappa shape index (κ1) is 26.9. The van der Waals surface area contributed by atoms with Gasteiger partial charge in [-0.15, -0.1) is 10.2 Å². The van der Waals surface area contributed by atoms with Gasteiger partial charge in [-0.2, -0.15) is 9.90 Å². The molecule has 1 atom stereocenters. The topological polar surface area (TPSA) is 153 Å². The van der Waals surface area contributed by atoms with Crippen LogP contribution in [-0.4, -0.2) is 67.6 Å². The van der Waals surface area contributed by atoms with Crippen molar-refractivity contribution in [3.05, 3.63) is 54.9 Å². The van der Waals surface area contributed by atoms with Crippen molar-refractivity contribution in [2.24, 2.45) is 0 Å². The quantitative estimate of drug-likeness (QED) is 0.247. The number of benzene rings is 1. The number of tetrazole rings is 1. The third-order valence-electron chi connectivity index (χ3n) is 6.50. The molecule has 0 saturated carbocycles. The summed E-state index contributed by atoms with van der Waals surface area (Å²) in [6.07, 6.45) is 2.27. The van der Waals surface area contributed by atoms with Gasteiger partial charge in [0.15, 0.2) is 8.32 Å². The van der Waals surface area contributed by atoms with E-state index in [0.717, 1.165) is 16.8 Å². The van der Waals surface area contributed by atoms with Gasteiger partial charge >= 0.3 is 6.09 Å². The van der Waals surface area contributed by atoms with Crippen molar-refractivity contribution in [1.82, 2.24) is 40.7 Å². The molecule has 13 heteroatoms. The number of H-pyrrole nitrogens is 1. The summed E-state index contributed by atoms with van der Waals surface area (Å²) in [5.74, 6) is 1.48. The second kappa shape index (κ2) is 11.1. The summed E-state index contributed by atoms with van der Waals surface area (Å²) in [6, 6.07) is 12.3. The van der Waals surface area contributed by atoms with Crippen molar-refractivity contribution in [3.8, 4) is 34.3 Å². The van der Waals surface area contributed by atoms with E-state index < -0.39 is 20.5 Å². The summed E-state index contributed by atoms with van der Waals surface area (Å²) in [4.78, 5) is 17.1. The second-order valence-corrected chi connectivity index (χ2v) is 15.2. The molecule has 0 aliphatic heterocycles. The van der Waals surface area contributed by atoms with Gasteiger partial charge in [0.25, 0.3) is 0 Å². The number of ether oxygens (including phenoxy) is 1. The molecule has 3 heterocycles. The Kier molecular flexibility index (Phi) is 7.88. The van der Waals surface area contributed by atoms with E-state index >= 15 is 0 Å². The third kappa shape index (κ3) is 6.80. The van der Waals surface area contributed by atoms with Crippen LogP contribution >= 0.6 is 0 Å². The fraction of sp³-hybridized carbons (Fsp3) is 0.360. The minimum absolute atomic E-state index is 0.00895. The number of nitrogens with zero attached hydrogens (tertiary/aromatic N) is 6. The monoisotopic (exact) mass is 536 g/mol. The molecule has 3 N–H and O–H groups in total. The zero-order valence-corrected chi connectivity index (χ0v) is 23.0. The minimum Gasteiger partial charge on any atom is -0.465 e. The van der Waals surface area contributed by atoms with E-state index in [0.29, 0.717) is 17.5 Å². The van der Waals surface area contributed by atoms with Crippen LogP contribution in [0.4, 0.5) is 4.79 Å². The van der Waals surface area contributed by atoms with Crippen LogP contribution in [0.3, 0.4) is 0 Å². The molecule has 1 unspecified atom stereocenters. The summed E-state index contributed by atoms with van der Waals surface area (Å²) in [5, 5.41) is 31.3. The van der Waals surface area contributed by atoms with Crippen LogP contribution in [0.2, 0.25) is 18.1 Å². The van der Waals surface area contributed by atoms with Gasteiger partial charge in [-0.1, -0.05) is 20.8 Å². The van der Waals surface area contributed by atoms with Crippen LogP contribution in [0.5, 0.6) is 11.6 Å². The molecule has 200 valence electrons. The van der Waals surface area contributed by atoms with Gasteiger partial charge in [0.2, 0.25) is 11.7 Å². The second-order valence-electron chi connectivity index (χ2n) is 10.4. The van der Waals surface area contributed by atoms with Crippen LogP contribution in [0, 0.1) is 0 Å². The number of rotatable bonds is 10. The van der Waals surface area contributed by atoms with E-state index in [1.807, 2.05) is 24.3 Å². The number of aromatic nitrogens is 7. The Bertz CT molecular complexity index is 1330. The molecule has 1 aromatic carbocycles. The van der Waals surface area contributed by atoms with Gasteiger partial charge in [0.1, 0.15) is 5.75 Å². The SMILES string of the molecule is CC(C)(C)[Si](C)(C)OCC(Cn1nnc(-c2ccc(Oc3ccc(-c4ccn[nH]4)cn3)cc2)n1)NC(=O)O. The molecule has 0 bridgehead atoms. The average Bonchev–Trinajstić information content (AvgIpc) is 3.55. The van der Waals surface area contributed by atoms with E-state index in [4.69, 9.17) is 9.16 Å². The first-order valence-corrected chi connectivity index (χ1v) is 15.1. The number of aromatic amines is 1. The summed E-state index contributed by atoms with van der Waals surface area (Å²) in [5.41, 5.74) is 2.53. The molecule has 0 radical (unpaired) electrons. The number of amides is 1. The number of carbonyl (C=O) groups is 1. The van der Waals surface area contributed by atoms with Crippen LogP contribution in [0.15, 0.2) is 54.9 Å². The summed E-state index contributed by atoms with van der Waals surface area (Å²) < 4.78 is 12.0. The van der Waals surface area contributed by atoms with Gasteiger partial charge in [-0.3, -0.25) is 5.10 Å². The number of hydrogen-bond donors (Lipinski definition) is 3. The molecular formula is C25H32N8O4Si. The molecular weight excluding hydrogens is 504 g/mol. The van der Waals surface area contributed by atoms with Gasteiger partial charge in [0.05, 0.1) is 24.9 Å². The summed E-state index contributed by atoms with van der Waals surface area (Å²) >= 11 is 0. The minimum atomic E-state index is -2.05. The fourth-order valence-electron chi connectivity index (χ4n) is 3.28. The maximum Gasteiger partial charge on any atom is 0.405 e. The van der Waals surface area contributed by atoms with Gasteiger partial charge in [-0.25, -0.2) is 9.78 Å². The lowest BCUT2D eigenvalue weighted by molar-refractivity contribution is 0.172. The predicted molar refractivity (Wildman–Crippen MR) is 143 cm³/mol. The van der Waals surface area contributed by atoms with Gasteiger partial charge in [0, 0.05) is 29.6 Å². The Labute approximate surface area is 221 Å². The first-order valence-electron chi connectivity index (χ1n) is 12.2. The Hall–Kier alpha value is -4.10. The van der Waals surface area contributed by atoms with E-state index in [1.54, 1.807) is 30.6 Å². The maximum absolute atomic E-state index is 11.3. The van der Waals surface area contributed by atoms with Crippen molar-refractivity contribution in [3.63, 3.8) is 0 Å². The van der Waals surface area contributed by atoms with Crippen LogP contribution in [0.25, 0.3) is 22.6 Å². The number of carboxylic acid groups (broad SMARTS) is 1. The Morgan fingerprint density at radius 2 is 1.87 bits per heavy atom. The number of nitrogens with one attached hydrogen (secondary N) is 2. The molecule has 0 saturated heterocycles. The zero-order chi connectivity index (χ0) is 27.3. The molecule has 0 spiro atoms. The molecule has 4 rings (SSSR count). The maximum atomic E-state index is 11.3. The Morgan fingerprint density at radius 1 is 1.13 bits per heavy atom. The summed E-state index contributed by atoms with van der Waals surface area (Å²) in [7, 11) is -2.05. The first-order chi connectivity index (χ1) is 18.0. The lowest BCUT2D eigenvalue weighted by Crippen LogP contribution is -2.47. The van der Waals surface area contributed by atoms with Crippen LogP contribution in [-0.2, 0) is 11.0 Å². The van der Waals surface area contributed by atoms with Crippen molar-refractivity contribution in [2.45, 2.75) is 51.5 Å². The molecule has 38 heavy (non-hydrogen) atoms. The van der Waals surface area contributed by atoms with E-state index in [-0.39, 0.29) is 18.2 Å². The highest BCUT2D eigenvalue weighted by atomic mass is 28.4. The lowest BCUT2D eigenvalue weighted by atomic mass is 10.2. The third-order valence-corrected chi connectivity index (χ3v) is 11.0. The molecule has 0 fully saturated rings. The van der Waals surface area contributed by atoms with E-state index in [1.165, 1.54) is 4.80 Å². The van der Waals surface area contributed by atoms with Crippen molar-refractivity contribution in [1.29, 1.82) is 0 Å². The molecule has 1 amide bonds. The lowest BCUT2D eigenvalue weighted by Gasteiger charge is -2.37. The Balaban J connectivity index is 1.38. The predicted octanol–water partition coefficient (Wildman–Crippen LogP) is 4.58. The normalized spacial score (nSPS) is 12.8. The standard InChI is InChI=1S/C25H32N8O4Si/c1-25(2,3)38(4,5)36-16-19(28-24(34)35)15-33-31-23(30-32-33)17-6-9-20(10-7-17)37-22-11-8-18(14-26-22)21-12-13-27-29-21/h6-14,19,28H,15-16H2,1-5H3,(H,27,29)(H,34,35). The van der Waals surface area contributed by atoms with E-state index in [9.17, 15) is 9.90 Å². The average molecular weight is 537 g/mol. The highest BCUT2D eigenvalue weighted by Crippen LogP contribution is 2.36. The Morgan fingerprint density at radius 3 is 2.47 bits per heavy atom. The molecule has 12 nitrogen and oxygen atoms in total. The van der Waals surface area contributed by atoms with Crippen LogP contribution < -0.4 is 10.1 Å². The molecule has 0 aliphatic carbocycles. The fourth-order valence-corrected chi connectivity index (χ4v) is 4.33. The van der Waals surface area contributed by atoms with E-state index in [2.05, 4.69) is 69.8 Å². The number of pyridine rings is 1. The largest absolute Gasteiger partial charge is 0.465 e. The van der Waals surface area contributed by atoms with Crippen molar-refractivity contribution < 1.29 is 19.1 Å². The molecule has 3 aromatic heterocycles.